The highest BCUT2D eigenvalue weighted by atomic mass is 32.1. The lowest BCUT2D eigenvalue weighted by molar-refractivity contribution is -0.114. The van der Waals surface area contributed by atoms with E-state index in [0.717, 1.165) is 16.5 Å². The van der Waals surface area contributed by atoms with Crippen LogP contribution in [0.4, 0.5) is 5.69 Å². The molecular weight excluding hydrogens is 274 g/mol. The van der Waals surface area contributed by atoms with E-state index in [4.69, 9.17) is 5.73 Å². The summed E-state index contributed by atoms with van der Waals surface area (Å²) in [6.07, 6.45) is 3.18. The Morgan fingerprint density at radius 2 is 2.20 bits per heavy atom. The van der Waals surface area contributed by atoms with Crippen LogP contribution in [0.3, 0.4) is 0 Å². The summed E-state index contributed by atoms with van der Waals surface area (Å²) in [5.74, 6) is -0.125. The van der Waals surface area contributed by atoms with E-state index < -0.39 is 0 Å². The first-order valence-corrected chi connectivity index (χ1v) is 6.22. The van der Waals surface area contributed by atoms with E-state index in [-0.39, 0.29) is 11.0 Å². The van der Waals surface area contributed by atoms with Gasteiger partial charge in [-0.25, -0.2) is 0 Å². The van der Waals surface area contributed by atoms with Gasteiger partial charge in [0, 0.05) is 29.6 Å². The number of fused-ring (bicyclic) bond motifs is 1. The maximum atomic E-state index is 11.2. The van der Waals surface area contributed by atoms with E-state index in [2.05, 4.69) is 33.0 Å². The number of benzene rings is 1. The Morgan fingerprint density at radius 1 is 1.40 bits per heavy atom. The fraction of sp³-hybridized carbons (Fsp3) is 0.0769. The summed E-state index contributed by atoms with van der Waals surface area (Å²) in [5, 5.41) is 8.51. The van der Waals surface area contributed by atoms with Crippen LogP contribution in [-0.2, 0) is 4.79 Å². The molecule has 0 spiro atoms. The topological polar surface area (TPSA) is 92.4 Å². The molecular formula is C13H13N5OS. The highest BCUT2D eigenvalue weighted by Gasteiger charge is 2.05. The van der Waals surface area contributed by atoms with Crippen LogP contribution in [-0.4, -0.2) is 22.2 Å². The van der Waals surface area contributed by atoms with Gasteiger partial charge in [-0.2, -0.15) is 5.10 Å². The van der Waals surface area contributed by atoms with Gasteiger partial charge in [-0.3, -0.25) is 15.2 Å². The number of hydrogen-bond donors (Lipinski definition) is 3. The van der Waals surface area contributed by atoms with Gasteiger partial charge < -0.3 is 11.1 Å². The van der Waals surface area contributed by atoms with E-state index in [1.165, 1.54) is 13.1 Å². The molecule has 2 aromatic rings. The lowest BCUT2D eigenvalue weighted by Gasteiger charge is -2.08. The first-order valence-electron chi connectivity index (χ1n) is 5.82. The second-order valence-electron chi connectivity index (χ2n) is 4.01. The molecule has 0 aliphatic carbocycles. The molecule has 2 rings (SSSR count). The molecule has 0 bridgehead atoms. The third-order valence-corrected chi connectivity index (χ3v) is 2.60. The number of anilines is 1. The SMILES string of the molecule is CC(=O)Nc1cccc2c(/C=N/NC(N)=S)nccc12. The predicted molar refractivity (Wildman–Crippen MR) is 83.6 cm³/mol. The van der Waals surface area contributed by atoms with Crippen molar-refractivity contribution in [3.05, 3.63) is 36.2 Å². The zero-order chi connectivity index (χ0) is 14.5. The number of pyridine rings is 1. The molecule has 1 amide bonds. The third-order valence-electron chi connectivity index (χ3n) is 2.51. The highest BCUT2D eigenvalue weighted by Crippen LogP contribution is 2.24. The molecule has 4 N–H and O–H groups in total. The number of hydrogen-bond acceptors (Lipinski definition) is 4. The number of nitrogens with two attached hydrogens (primary N) is 1. The fourth-order valence-electron chi connectivity index (χ4n) is 1.79. The smallest absolute Gasteiger partial charge is 0.221 e. The average molecular weight is 287 g/mol. The molecule has 102 valence electrons. The molecule has 0 saturated carbocycles. The molecule has 1 heterocycles. The Bertz CT molecular complexity index is 698. The first-order chi connectivity index (χ1) is 9.58. The zero-order valence-electron chi connectivity index (χ0n) is 10.8. The largest absolute Gasteiger partial charge is 0.375 e. The molecule has 6 nitrogen and oxygen atoms in total. The molecule has 0 aliphatic rings. The number of amides is 1. The molecule has 0 fully saturated rings. The first kappa shape index (κ1) is 13.9. The van der Waals surface area contributed by atoms with E-state index in [1.807, 2.05) is 24.3 Å². The van der Waals surface area contributed by atoms with Crippen LogP contribution in [0, 0.1) is 0 Å². The molecule has 7 heteroatoms. The van der Waals surface area contributed by atoms with E-state index >= 15 is 0 Å². The Hall–Kier alpha value is -2.54. The van der Waals surface area contributed by atoms with Gasteiger partial charge in [-0.15, -0.1) is 0 Å². The van der Waals surface area contributed by atoms with Crippen LogP contribution < -0.4 is 16.5 Å². The monoisotopic (exact) mass is 287 g/mol. The van der Waals surface area contributed by atoms with Gasteiger partial charge in [0.1, 0.15) is 0 Å². The molecule has 0 aliphatic heterocycles. The van der Waals surface area contributed by atoms with Crippen molar-refractivity contribution in [2.24, 2.45) is 10.8 Å². The lowest BCUT2D eigenvalue weighted by Crippen LogP contribution is -2.24. The number of nitrogens with zero attached hydrogens (tertiary/aromatic N) is 2. The van der Waals surface area contributed by atoms with Gasteiger partial charge >= 0.3 is 0 Å². The number of thiocarbonyl (C=S) groups is 1. The summed E-state index contributed by atoms with van der Waals surface area (Å²) in [5.41, 5.74) is 9.14. The minimum atomic E-state index is -0.125. The van der Waals surface area contributed by atoms with Gasteiger partial charge in [0.2, 0.25) is 5.91 Å². The van der Waals surface area contributed by atoms with Gasteiger partial charge in [-0.1, -0.05) is 12.1 Å². The predicted octanol–water partition coefficient (Wildman–Crippen LogP) is 1.36. The standard InChI is InChI=1S/C13H13N5OS/c1-8(19)17-11-4-2-3-9-10(11)5-6-15-12(9)7-16-18-13(14)20/h2-7H,1H3,(H,17,19)(H3,14,18,20)/b16-7+. The summed E-state index contributed by atoms with van der Waals surface area (Å²) in [4.78, 5) is 15.4. The Balaban J connectivity index is 2.45. The van der Waals surface area contributed by atoms with Crippen LogP contribution >= 0.6 is 12.2 Å². The third kappa shape index (κ3) is 3.27. The van der Waals surface area contributed by atoms with E-state index in [0.29, 0.717) is 5.69 Å². The number of carbonyl (C=O) groups is 1. The molecule has 1 aromatic heterocycles. The molecule has 20 heavy (non-hydrogen) atoms. The van der Waals surface area contributed by atoms with Crippen LogP contribution in [0.1, 0.15) is 12.6 Å². The summed E-state index contributed by atoms with van der Waals surface area (Å²) >= 11 is 4.66. The lowest BCUT2D eigenvalue weighted by atomic mass is 10.1. The van der Waals surface area contributed by atoms with Crippen molar-refractivity contribution in [3.63, 3.8) is 0 Å². The number of aromatic nitrogens is 1. The normalized spacial score (nSPS) is 10.7. The van der Waals surface area contributed by atoms with Crippen molar-refractivity contribution in [2.75, 3.05) is 5.32 Å². The molecule has 0 radical (unpaired) electrons. The van der Waals surface area contributed by atoms with E-state index in [9.17, 15) is 4.79 Å². The minimum absolute atomic E-state index is 0.0837. The van der Waals surface area contributed by atoms with Crippen molar-refractivity contribution >= 4 is 45.9 Å². The van der Waals surface area contributed by atoms with Crippen molar-refractivity contribution in [1.82, 2.24) is 10.4 Å². The highest BCUT2D eigenvalue weighted by molar-refractivity contribution is 7.80. The second kappa shape index (κ2) is 6.07. The van der Waals surface area contributed by atoms with Crippen LogP contribution in [0.5, 0.6) is 0 Å². The second-order valence-corrected chi connectivity index (χ2v) is 4.45. The quantitative estimate of drug-likeness (QED) is 0.450. The van der Waals surface area contributed by atoms with Crippen molar-refractivity contribution < 1.29 is 4.79 Å². The fourth-order valence-corrected chi connectivity index (χ4v) is 1.84. The van der Waals surface area contributed by atoms with Gasteiger partial charge in [0.05, 0.1) is 11.9 Å². The maximum Gasteiger partial charge on any atom is 0.221 e. The summed E-state index contributed by atoms with van der Waals surface area (Å²) in [7, 11) is 0. The molecule has 0 atom stereocenters. The van der Waals surface area contributed by atoms with E-state index in [1.54, 1.807) is 6.20 Å². The van der Waals surface area contributed by atoms with Gasteiger partial charge in [0.15, 0.2) is 5.11 Å². The van der Waals surface area contributed by atoms with Crippen LogP contribution in [0.25, 0.3) is 10.8 Å². The molecule has 0 unspecified atom stereocenters. The number of carbonyl (C=O) groups excluding carboxylic acids is 1. The van der Waals surface area contributed by atoms with Crippen LogP contribution in [0.2, 0.25) is 0 Å². The molecule has 0 saturated heterocycles. The maximum absolute atomic E-state index is 11.2. The molecule has 1 aromatic carbocycles. The van der Waals surface area contributed by atoms with Gasteiger partial charge in [0.25, 0.3) is 0 Å². The van der Waals surface area contributed by atoms with Crippen molar-refractivity contribution in [2.45, 2.75) is 6.92 Å². The number of hydrazone groups is 1. The summed E-state index contributed by atoms with van der Waals surface area (Å²) in [6, 6.07) is 7.40. The van der Waals surface area contributed by atoms with Crippen molar-refractivity contribution in [3.8, 4) is 0 Å². The van der Waals surface area contributed by atoms with Crippen LogP contribution in [0.15, 0.2) is 35.6 Å². The van der Waals surface area contributed by atoms with Gasteiger partial charge in [-0.05, 0) is 24.4 Å². The number of nitrogens with one attached hydrogen (secondary N) is 2. The minimum Gasteiger partial charge on any atom is -0.375 e. The summed E-state index contributed by atoms with van der Waals surface area (Å²) in [6.45, 7) is 1.47. The number of rotatable bonds is 3. The Kier molecular flexibility index (Phi) is 4.21. The average Bonchev–Trinajstić information content (AvgIpc) is 2.38. The van der Waals surface area contributed by atoms with Crippen molar-refractivity contribution in [1.29, 1.82) is 0 Å². The Morgan fingerprint density at radius 3 is 2.90 bits per heavy atom. The Labute approximate surface area is 121 Å². The summed E-state index contributed by atoms with van der Waals surface area (Å²) < 4.78 is 0. The zero-order valence-corrected chi connectivity index (χ0v) is 11.6.